The second-order valence-corrected chi connectivity index (χ2v) is 7.94. The number of aromatic nitrogens is 2. The van der Waals surface area contributed by atoms with E-state index in [1.807, 2.05) is 0 Å². The molecule has 3 aromatic carbocycles. The maximum atomic E-state index is 13.5. The highest BCUT2D eigenvalue weighted by Crippen LogP contribution is 2.26. The Morgan fingerprint density at radius 1 is 0.943 bits per heavy atom. The molecule has 0 unspecified atom stereocenters. The van der Waals surface area contributed by atoms with Crippen LogP contribution in [0.5, 0.6) is 0 Å². The Morgan fingerprint density at radius 3 is 2.31 bits per heavy atom. The van der Waals surface area contributed by atoms with Crippen LogP contribution in [0.1, 0.15) is 17.3 Å². The number of benzene rings is 3. The van der Waals surface area contributed by atoms with Gasteiger partial charge >= 0.3 is 11.2 Å². The first kappa shape index (κ1) is 22.0. The molecule has 5 rings (SSSR count). The number of carbonyl (C=O) groups excluding carboxylic acids is 2. The van der Waals surface area contributed by atoms with E-state index >= 15 is 0 Å². The van der Waals surface area contributed by atoms with E-state index in [9.17, 15) is 23.6 Å². The molecule has 9 heteroatoms. The van der Waals surface area contributed by atoms with Gasteiger partial charge in [-0.25, -0.2) is 13.8 Å². The largest absolute Gasteiger partial charge is 0.449 e. The SMILES string of the molecule is CC(=O)c1ccc(NC(=O)Cn2c(=O)n(-c3ccc(F)cc3)c(=O)c3oc4ccccc4c32)cc1. The third-order valence-corrected chi connectivity index (χ3v) is 5.62. The molecule has 8 nitrogen and oxygen atoms in total. The van der Waals surface area contributed by atoms with Gasteiger partial charge in [0.2, 0.25) is 11.5 Å². The van der Waals surface area contributed by atoms with Gasteiger partial charge < -0.3 is 9.73 Å². The first-order valence-corrected chi connectivity index (χ1v) is 10.7. The fraction of sp³-hybridized carbons (Fsp3) is 0.0769. The lowest BCUT2D eigenvalue weighted by molar-refractivity contribution is -0.116. The van der Waals surface area contributed by atoms with Crippen molar-refractivity contribution in [2.45, 2.75) is 13.5 Å². The summed E-state index contributed by atoms with van der Waals surface area (Å²) < 4.78 is 21.2. The normalized spacial score (nSPS) is 11.1. The number of Topliss-reactive ketones (excluding diaryl/α,β-unsaturated/α-hetero) is 1. The number of nitrogens with one attached hydrogen (secondary N) is 1. The fourth-order valence-corrected chi connectivity index (χ4v) is 3.95. The molecule has 0 aliphatic rings. The summed E-state index contributed by atoms with van der Waals surface area (Å²) >= 11 is 0. The number of nitrogens with zero attached hydrogens (tertiary/aromatic N) is 2. The molecule has 0 bridgehead atoms. The summed E-state index contributed by atoms with van der Waals surface area (Å²) in [4.78, 5) is 51.2. The van der Waals surface area contributed by atoms with Gasteiger partial charge in [-0.3, -0.25) is 19.0 Å². The van der Waals surface area contributed by atoms with Crippen LogP contribution in [0.2, 0.25) is 0 Å². The number of amides is 1. The number of para-hydroxylation sites is 1. The maximum Gasteiger partial charge on any atom is 0.336 e. The monoisotopic (exact) mass is 471 g/mol. The van der Waals surface area contributed by atoms with Gasteiger partial charge in [0.25, 0.3) is 0 Å². The summed E-state index contributed by atoms with van der Waals surface area (Å²) in [5.41, 5.74) is 0.0461. The zero-order chi connectivity index (χ0) is 24.7. The molecule has 0 aliphatic carbocycles. The van der Waals surface area contributed by atoms with Gasteiger partial charge in [0.05, 0.1) is 5.69 Å². The van der Waals surface area contributed by atoms with E-state index in [-0.39, 0.29) is 22.6 Å². The molecule has 0 atom stereocenters. The molecule has 0 aliphatic heterocycles. The molecule has 1 amide bonds. The predicted octanol–water partition coefficient (Wildman–Crippen LogP) is 3.88. The van der Waals surface area contributed by atoms with Crippen molar-refractivity contribution in [2.24, 2.45) is 0 Å². The second kappa shape index (κ2) is 8.53. The van der Waals surface area contributed by atoms with Crippen molar-refractivity contribution >= 4 is 39.4 Å². The zero-order valence-corrected chi connectivity index (χ0v) is 18.4. The summed E-state index contributed by atoms with van der Waals surface area (Å²) in [6.07, 6.45) is 0. The molecular formula is C26H18FN3O5. The molecule has 0 saturated carbocycles. The molecule has 2 aromatic heterocycles. The highest BCUT2D eigenvalue weighted by atomic mass is 19.1. The van der Waals surface area contributed by atoms with E-state index in [0.717, 1.165) is 21.3 Å². The van der Waals surface area contributed by atoms with Crippen LogP contribution in [-0.4, -0.2) is 20.8 Å². The van der Waals surface area contributed by atoms with Crippen molar-refractivity contribution in [3.63, 3.8) is 0 Å². The molecule has 174 valence electrons. The lowest BCUT2D eigenvalue weighted by Gasteiger charge is -2.12. The van der Waals surface area contributed by atoms with Crippen LogP contribution in [0, 0.1) is 5.82 Å². The summed E-state index contributed by atoms with van der Waals surface area (Å²) in [6, 6.07) is 18.0. The molecular weight excluding hydrogens is 453 g/mol. The van der Waals surface area contributed by atoms with E-state index in [4.69, 9.17) is 4.42 Å². The van der Waals surface area contributed by atoms with Gasteiger partial charge in [0.15, 0.2) is 5.78 Å². The van der Waals surface area contributed by atoms with Crippen LogP contribution in [0.25, 0.3) is 27.8 Å². The molecule has 35 heavy (non-hydrogen) atoms. The third-order valence-electron chi connectivity index (χ3n) is 5.62. The van der Waals surface area contributed by atoms with E-state index in [1.165, 1.54) is 19.1 Å². The average molecular weight is 471 g/mol. The Bertz CT molecular complexity index is 1730. The minimum absolute atomic E-state index is 0.103. The van der Waals surface area contributed by atoms with Gasteiger partial charge in [-0.05, 0) is 67.6 Å². The average Bonchev–Trinajstić information content (AvgIpc) is 3.23. The summed E-state index contributed by atoms with van der Waals surface area (Å²) in [5, 5.41) is 3.19. The van der Waals surface area contributed by atoms with E-state index in [1.54, 1.807) is 48.5 Å². The van der Waals surface area contributed by atoms with Crippen LogP contribution >= 0.6 is 0 Å². The van der Waals surface area contributed by atoms with Crippen molar-refractivity contribution in [2.75, 3.05) is 5.32 Å². The van der Waals surface area contributed by atoms with Gasteiger partial charge in [-0.15, -0.1) is 0 Å². The molecule has 0 radical (unpaired) electrons. The molecule has 0 spiro atoms. The number of furan rings is 1. The second-order valence-electron chi connectivity index (χ2n) is 7.94. The van der Waals surface area contributed by atoms with Gasteiger partial charge in [0, 0.05) is 16.6 Å². The number of hydrogen-bond donors (Lipinski definition) is 1. The van der Waals surface area contributed by atoms with E-state index in [0.29, 0.717) is 22.2 Å². The Morgan fingerprint density at radius 2 is 1.63 bits per heavy atom. The van der Waals surface area contributed by atoms with Crippen LogP contribution in [-0.2, 0) is 11.3 Å². The van der Waals surface area contributed by atoms with Crippen molar-refractivity contribution < 1.29 is 18.4 Å². The first-order valence-electron chi connectivity index (χ1n) is 10.7. The lowest BCUT2D eigenvalue weighted by atomic mass is 10.1. The molecule has 0 fully saturated rings. The maximum absolute atomic E-state index is 13.5. The predicted molar refractivity (Wildman–Crippen MR) is 129 cm³/mol. The van der Waals surface area contributed by atoms with Crippen LogP contribution in [0.3, 0.4) is 0 Å². The summed E-state index contributed by atoms with van der Waals surface area (Å²) in [5.74, 6) is -1.16. The van der Waals surface area contributed by atoms with Crippen LogP contribution in [0.4, 0.5) is 10.1 Å². The van der Waals surface area contributed by atoms with E-state index < -0.39 is 29.5 Å². The minimum atomic E-state index is -0.775. The van der Waals surface area contributed by atoms with Crippen molar-refractivity contribution in [3.8, 4) is 5.69 Å². The number of carbonyl (C=O) groups is 2. The molecule has 0 saturated heterocycles. The lowest BCUT2D eigenvalue weighted by Crippen LogP contribution is -2.40. The van der Waals surface area contributed by atoms with Gasteiger partial charge in [-0.2, -0.15) is 0 Å². The van der Waals surface area contributed by atoms with Crippen LogP contribution in [0.15, 0.2) is 86.8 Å². The fourth-order valence-electron chi connectivity index (χ4n) is 3.95. The number of fused-ring (bicyclic) bond motifs is 3. The van der Waals surface area contributed by atoms with Crippen molar-refractivity contribution in [1.82, 2.24) is 9.13 Å². The smallest absolute Gasteiger partial charge is 0.336 e. The van der Waals surface area contributed by atoms with E-state index in [2.05, 4.69) is 5.32 Å². The minimum Gasteiger partial charge on any atom is -0.449 e. The standard InChI is InChI=1S/C26H18FN3O5/c1-15(31)16-6-10-18(11-7-16)28-22(32)14-29-23-20-4-2-3-5-21(20)35-24(23)25(33)30(26(29)34)19-12-8-17(27)9-13-19/h2-13H,14H2,1H3,(H,28,32). The highest BCUT2D eigenvalue weighted by Gasteiger charge is 2.22. The Balaban J connectivity index is 1.65. The molecule has 2 heterocycles. The Kier molecular flexibility index (Phi) is 5.37. The number of halogens is 1. The topological polar surface area (TPSA) is 103 Å². The van der Waals surface area contributed by atoms with Gasteiger partial charge in [-0.1, -0.05) is 12.1 Å². The number of rotatable bonds is 5. The summed E-state index contributed by atoms with van der Waals surface area (Å²) in [6.45, 7) is 1.02. The molecule has 1 N–H and O–H groups in total. The Hall–Kier alpha value is -4.79. The number of anilines is 1. The number of ketones is 1. The Labute approximate surface area is 196 Å². The zero-order valence-electron chi connectivity index (χ0n) is 18.4. The summed E-state index contributed by atoms with van der Waals surface area (Å²) in [7, 11) is 0. The quantitative estimate of drug-likeness (QED) is 0.392. The highest BCUT2D eigenvalue weighted by molar-refractivity contribution is 6.03. The van der Waals surface area contributed by atoms with Crippen LogP contribution < -0.4 is 16.6 Å². The molecule has 5 aromatic rings. The van der Waals surface area contributed by atoms with Crippen molar-refractivity contribution in [1.29, 1.82) is 0 Å². The van der Waals surface area contributed by atoms with Gasteiger partial charge in [0.1, 0.15) is 23.5 Å². The third kappa shape index (κ3) is 3.93. The number of hydrogen-bond acceptors (Lipinski definition) is 5. The van der Waals surface area contributed by atoms with Crippen molar-refractivity contribution in [3.05, 3.63) is 105 Å². The first-order chi connectivity index (χ1) is 16.8.